The molecule has 0 aromatic heterocycles. The largest absolute Gasteiger partial charge is 0.497 e. The standard InChI is InChI=1S/C41H35N3O5/c1-3-29-21-24-34(43-26-25-35(43)45)38(36(29)30-19-22-33(48-2)23-20-30)44-37(31-15-9-5-10-16-31)39(46)42-41(44,32-17-11-6-12-18-32)40(47)49-27-28-13-7-4-8-14-28/h3-24,37H,1,25-27H2,2H3,(H,42,46). The molecule has 0 radical (unpaired) electrons. The van der Waals surface area contributed by atoms with E-state index in [1.807, 2.05) is 132 Å². The van der Waals surface area contributed by atoms with Crippen molar-refractivity contribution in [3.05, 3.63) is 156 Å². The summed E-state index contributed by atoms with van der Waals surface area (Å²) in [7, 11) is 1.60. The van der Waals surface area contributed by atoms with Gasteiger partial charge >= 0.3 is 5.97 Å². The number of ether oxygens (including phenoxy) is 2. The van der Waals surface area contributed by atoms with Gasteiger partial charge in [-0.1, -0.05) is 122 Å². The molecular weight excluding hydrogens is 614 g/mol. The van der Waals surface area contributed by atoms with Gasteiger partial charge in [0.15, 0.2) is 0 Å². The summed E-state index contributed by atoms with van der Waals surface area (Å²) in [5, 5.41) is 3.13. The van der Waals surface area contributed by atoms with Gasteiger partial charge in [0.05, 0.1) is 18.5 Å². The van der Waals surface area contributed by atoms with Crippen molar-refractivity contribution in [3.63, 3.8) is 0 Å². The molecule has 49 heavy (non-hydrogen) atoms. The van der Waals surface area contributed by atoms with Crippen LogP contribution in [0.25, 0.3) is 17.2 Å². The molecule has 8 heteroatoms. The summed E-state index contributed by atoms with van der Waals surface area (Å²) in [6.07, 6.45) is 2.13. The normalized spacial score (nSPS) is 18.4. The van der Waals surface area contributed by atoms with Crippen molar-refractivity contribution >= 4 is 35.2 Å². The first-order valence-electron chi connectivity index (χ1n) is 16.1. The highest BCUT2D eigenvalue weighted by molar-refractivity contribution is 6.10. The molecular formula is C41H35N3O5. The molecule has 2 heterocycles. The van der Waals surface area contributed by atoms with Gasteiger partial charge in [0.25, 0.3) is 0 Å². The highest BCUT2D eigenvalue weighted by Gasteiger charge is 2.60. The third-order valence-electron chi connectivity index (χ3n) is 9.16. The van der Waals surface area contributed by atoms with E-state index in [1.165, 1.54) is 0 Å². The Hall–Kier alpha value is -6.15. The number of carbonyl (C=O) groups is 3. The van der Waals surface area contributed by atoms with E-state index in [-0.39, 0.29) is 12.5 Å². The third-order valence-corrected chi connectivity index (χ3v) is 9.16. The van der Waals surface area contributed by atoms with Crippen LogP contribution in [0.1, 0.15) is 34.7 Å². The number of carbonyl (C=O) groups excluding carboxylic acids is 3. The van der Waals surface area contributed by atoms with Crippen LogP contribution in [0.15, 0.2) is 134 Å². The zero-order valence-corrected chi connectivity index (χ0v) is 27.0. The lowest BCUT2D eigenvalue weighted by Crippen LogP contribution is -2.57. The lowest BCUT2D eigenvalue weighted by atomic mass is 9.89. The number of hydrogen-bond acceptors (Lipinski definition) is 6. The number of β-lactam (4-membered cyclic amide) rings is 1. The van der Waals surface area contributed by atoms with Crippen molar-refractivity contribution in [2.45, 2.75) is 24.7 Å². The van der Waals surface area contributed by atoms with Gasteiger partial charge in [-0.25, -0.2) is 4.79 Å². The minimum absolute atomic E-state index is 0.0104. The van der Waals surface area contributed by atoms with Crippen LogP contribution in [-0.4, -0.2) is 31.4 Å². The molecule has 2 aliphatic rings. The number of esters is 1. The fourth-order valence-electron chi connectivity index (χ4n) is 6.69. The van der Waals surface area contributed by atoms with Gasteiger partial charge in [0, 0.05) is 24.1 Å². The summed E-state index contributed by atoms with van der Waals surface area (Å²) < 4.78 is 11.6. The molecule has 0 aliphatic carbocycles. The average Bonchev–Trinajstić information content (AvgIpc) is 3.47. The molecule has 7 rings (SSSR count). The molecule has 8 nitrogen and oxygen atoms in total. The van der Waals surface area contributed by atoms with Crippen molar-refractivity contribution in [3.8, 4) is 16.9 Å². The van der Waals surface area contributed by atoms with Gasteiger partial charge in [-0.05, 0) is 40.5 Å². The topological polar surface area (TPSA) is 88.2 Å². The Kier molecular flexibility index (Phi) is 8.45. The Morgan fingerprint density at radius 2 is 1.53 bits per heavy atom. The van der Waals surface area contributed by atoms with E-state index in [2.05, 4.69) is 11.9 Å². The molecule has 2 unspecified atom stereocenters. The number of anilines is 2. The van der Waals surface area contributed by atoms with Crippen LogP contribution < -0.4 is 19.9 Å². The Labute approximate surface area is 285 Å². The van der Waals surface area contributed by atoms with E-state index in [0.717, 1.165) is 16.7 Å². The molecule has 1 N–H and O–H groups in total. The summed E-state index contributed by atoms with van der Waals surface area (Å²) in [5.74, 6) is -0.444. The van der Waals surface area contributed by atoms with Gasteiger partial charge in [-0.15, -0.1) is 0 Å². The second-order valence-corrected chi connectivity index (χ2v) is 11.9. The van der Waals surface area contributed by atoms with E-state index in [4.69, 9.17) is 9.47 Å². The van der Waals surface area contributed by atoms with E-state index in [0.29, 0.717) is 46.8 Å². The van der Waals surface area contributed by atoms with Crippen LogP contribution in [0.4, 0.5) is 11.4 Å². The van der Waals surface area contributed by atoms with Crippen LogP contribution in [0.2, 0.25) is 0 Å². The smallest absolute Gasteiger partial charge is 0.358 e. The summed E-state index contributed by atoms with van der Waals surface area (Å²) in [6.45, 7) is 4.61. The quantitative estimate of drug-likeness (QED) is 0.129. The zero-order valence-electron chi connectivity index (χ0n) is 27.0. The lowest BCUT2D eigenvalue weighted by Gasteiger charge is -2.43. The number of nitrogens with one attached hydrogen (secondary N) is 1. The predicted octanol–water partition coefficient (Wildman–Crippen LogP) is 7.02. The summed E-state index contributed by atoms with van der Waals surface area (Å²) >= 11 is 0. The second-order valence-electron chi connectivity index (χ2n) is 11.9. The number of benzene rings is 5. The van der Waals surface area contributed by atoms with Gasteiger partial charge in [0.1, 0.15) is 18.4 Å². The molecule has 2 amide bonds. The summed E-state index contributed by atoms with van der Waals surface area (Å²) in [4.78, 5) is 46.3. The summed E-state index contributed by atoms with van der Waals surface area (Å²) in [5.41, 5.74) is 3.46. The maximum absolute atomic E-state index is 15.0. The Balaban J connectivity index is 1.55. The van der Waals surface area contributed by atoms with Crippen LogP contribution in [0.3, 0.4) is 0 Å². The van der Waals surface area contributed by atoms with Crippen molar-refractivity contribution < 1.29 is 23.9 Å². The second kappa shape index (κ2) is 13.2. The van der Waals surface area contributed by atoms with Gasteiger partial charge in [-0.3, -0.25) is 9.59 Å². The highest BCUT2D eigenvalue weighted by atomic mass is 16.5. The van der Waals surface area contributed by atoms with E-state index < -0.39 is 23.6 Å². The first-order chi connectivity index (χ1) is 24.0. The third kappa shape index (κ3) is 5.51. The maximum Gasteiger partial charge on any atom is 0.358 e. The molecule has 2 aliphatic heterocycles. The van der Waals surface area contributed by atoms with Crippen molar-refractivity contribution in [2.24, 2.45) is 0 Å². The molecule has 5 aromatic rings. The molecule has 0 bridgehead atoms. The molecule has 2 saturated heterocycles. The van der Waals surface area contributed by atoms with Gasteiger partial charge < -0.3 is 24.6 Å². The monoisotopic (exact) mass is 649 g/mol. The highest BCUT2D eigenvalue weighted by Crippen LogP contribution is 2.53. The van der Waals surface area contributed by atoms with E-state index >= 15 is 0 Å². The van der Waals surface area contributed by atoms with Crippen LogP contribution in [0, 0.1) is 0 Å². The van der Waals surface area contributed by atoms with E-state index in [1.54, 1.807) is 18.1 Å². The fraction of sp³-hybridized carbons (Fsp3) is 0.146. The maximum atomic E-state index is 15.0. The van der Waals surface area contributed by atoms with Crippen molar-refractivity contribution in [1.82, 2.24) is 5.32 Å². The number of nitrogens with zero attached hydrogens (tertiary/aromatic N) is 2. The van der Waals surface area contributed by atoms with Gasteiger partial charge in [-0.2, -0.15) is 0 Å². The van der Waals surface area contributed by atoms with Gasteiger partial charge in [0.2, 0.25) is 17.5 Å². The lowest BCUT2D eigenvalue weighted by molar-refractivity contribution is -0.153. The minimum atomic E-state index is -1.84. The number of rotatable bonds is 10. The molecule has 0 spiro atoms. The van der Waals surface area contributed by atoms with Crippen LogP contribution >= 0.6 is 0 Å². The van der Waals surface area contributed by atoms with E-state index in [9.17, 15) is 14.4 Å². The minimum Gasteiger partial charge on any atom is -0.497 e. The Morgan fingerprint density at radius 1 is 0.878 bits per heavy atom. The number of amides is 2. The molecule has 2 atom stereocenters. The first-order valence-corrected chi connectivity index (χ1v) is 16.1. The van der Waals surface area contributed by atoms with Crippen LogP contribution in [-0.2, 0) is 31.4 Å². The molecule has 5 aromatic carbocycles. The fourth-order valence-corrected chi connectivity index (χ4v) is 6.69. The Bertz CT molecular complexity index is 2020. The van der Waals surface area contributed by atoms with Crippen LogP contribution in [0.5, 0.6) is 5.75 Å². The number of methoxy groups -OCH3 is 1. The predicted molar refractivity (Wildman–Crippen MR) is 190 cm³/mol. The molecule has 0 saturated carbocycles. The zero-order chi connectivity index (χ0) is 34.0. The molecule has 244 valence electrons. The van der Waals surface area contributed by atoms with Crippen molar-refractivity contribution in [2.75, 3.05) is 23.5 Å². The molecule has 2 fully saturated rings. The SMILES string of the molecule is C=Cc1ccc(N2CCC2=O)c(N2C(c3ccccc3)C(=O)NC2(C(=O)OCc2ccccc2)c2ccccc2)c1-c1ccc(OC)cc1. The number of hydrogen-bond donors (Lipinski definition) is 1. The Morgan fingerprint density at radius 3 is 2.12 bits per heavy atom. The summed E-state index contributed by atoms with van der Waals surface area (Å²) in [6, 6.07) is 38.2. The van der Waals surface area contributed by atoms with Crippen molar-refractivity contribution in [1.29, 1.82) is 0 Å². The first kappa shape index (κ1) is 31.4. The average molecular weight is 650 g/mol.